The zero-order chi connectivity index (χ0) is 23.3. The molecule has 0 amide bonds. The molecule has 33 heavy (non-hydrogen) atoms. The summed E-state index contributed by atoms with van der Waals surface area (Å²) in [6.07, 6.45) is 9.38. The molecule has 0 N–H and O–H groups in total. The molecule has 0 radical (unpaired) electrons. The normalized spacial score (nSPS) is 18.4. The lowest BCUT2D eigenvalue weighted by Gasteiger charge is -2.43. The average Bonchev–Trinajstić information content (AvgIpc) is 2.83. The molecule has 170 valence electrons. The summed E-state index contributed by atoms with van der Waals surface area (Å²) in [6, 6.07) is 15.8. The summed E-state index contributed by atoms with van der Waals surface area (Å²) in [5.41, 5.74) is 12.2. The van der Waals surface area contributed by atoms with Crippen LogP contribution in [0, 0.1) is 0 Å². The van der Waals surface area contributed by atoms with Gasteiger partial charge in [0.25, 0.3) is 0 Å². The van der Waals surface area contributed by atoms with Crippen LogP contribution < -0.4 is 9.80 Å². The van der Waals surface area contributed by atoms with E-state index in [0.717, 1.165) is 19.5 Å². The fourth-order valence-corrected chi connectivity index (χ4v) is 5.72. The maximum atomic E-state index is 2.56. The van der Waals surface area contributed by atoms with Gasteiger partial charge >= 0.3 is 0 Å². The van der Waals surface area contributed by atoms with Crippen LogP contribution in [0.2, 0.25) is 0 Å². The zero-order valence-electron chi connectivity index (χ0n) is 20.9. The molecule has 3 heteroatoms. The summed E-state index contributed by atoms with van der Waals surface area (Å²) < 4.78 is 2.21. The first-order chi connectivity index (χ1) is 15.8. The number of anilines is 2. The summed E-state index contributed by atoms with van der Waals surface area (Å²) in [7, 11) is 6.47. The van der Waals surface area contributed by atoms with Crippen molar-refractivity contribution in [2.45, 2.75) is 39.0 Å². The Bertz CT molecular complexity index is 1220. The second-order valence-corrected chi connectivity index (χ2v) is 10.2. The van der Waals surface area contributed by atoms with Gasteiger partial charge in [-0.2, -0.15) is 0 Å². The van der Waals surface area contributed by atoms with Crippen LogP contribution in [0.5, 0.6) is 0 Å². The molecule has 0 spiro atoms. The lowest BCUT2D eigenvalue weighted by atomic mass is 9.65. The van der Waals surface area contributed by atoms with E-state index in [-0.39, 0.29) is 5.41 Å². The van der Waals surface area contributed by atoms with E-state index in [2.05, 4.69) is 117 Å². The molecule has 0 aromatic heterocycles. The number of aryl methyl sites for hydroxylation is 1. The van der Waals surface area contributed by atoms with Crippen molar-refractivity contribution < 1.29 is 4.58 Å². The summed E-state index contributed by atoms with van der Waals surface area (Å²) in [4.78, 5) is 4.94. The number of benzene rings is 2. The van der Waals surface area contributed by atoms with Gasteiger partial charge in [0, 0.05) is 60.2 Å². The Morgan fingerprint density at radius 3 is 2.52 bits per heavy atom. The van der Waals surface area contributed by atoms with E-state index in [1.165, 1.54) is 57.0 Å². The largest absolute Gasteiger partial charge is 0.372 e. The van der Waals surface area contributed by atoms with Crippen molar-refractivity contribution in [3.8, 4) is 0 Å². The van der Waals surface area contributed by atoms with Crippen molar-refractivity contribution in [1.29, 1.82) is 0 Å². The third kappa shape index (κ3) is 3.45. The van der Waals surface area contributed by atoms with E-state index in [0.29, 0.717) is 0 Å². The number of hydrogen-bond donors (Lipinski definition) is 0. The number of hydrogen-bond acceptors (Lipinski definition) is 2. The quantitative estimate of drug-likeness (QED) is 0.560. The molecule has 0 saturated carbocycles. The number of rotatable bonds is 3. The SMILES string of the molecule is CCN1CCCc2cc3c(cc21)C(C)(C)C1=CC(=[N+](C)C)C=CC1=C3N(C)c1ccccc1. The van der Waals surface area contributed by atoms with Gasteiger partial charge in [0.05, 0.1) is 5.70 Å². The molecule has 3 nitrogen and oxygen atoms in total. The molecule has 1 aliphatic heterocycles. The van der Waals surface area contributed by atoms with Gasteiger partial charge < -0.3 is 9.80 Å². The Kier molecular flexibility index (Phi) is 5.31. The first-order valence-electron chi connectivity index (χ1n) is 12.2. The van der Waals surface area contributed by atoms with Crippen LogP contribution in [-0.4, -0.2) is 44.5 Å². The van der Waals surface area contributed by atoms with Crippen molar-refractivity contribution in [2.75, 3.05) is 44.0 Å². The molecular formula is C30H36N3+. The summed E-state index contributed by atoms with van der Waals surface area (Å²) in [6.45, 7) is 9.29. The van der Waals surface area contributed by atoms with Crippen LogP contribution in [0.25, 0.3) is 5.70 Å². The van der Waals surface area contributed by atoms with Crippen molar-refractivity contribution in [3.05, 3.63) is 88.5 Å². The molecule has 2 aliphatic carbocycles. The summed E-state index contributed by atoms with van der Waals surface area (Å²) in [5, 5.41) is 0. The van der Waals surface area contributed by atoms with Crippen LogP contribution in [-0.2, 0) is 11.8 Å². The van der Waals surface area contributed by atoms with E-state index >= 15 is 0 Å². The minimum atomic E-state index is -0.0798. The van der Waals surface area contributed by atoms with Gasteiger partial charge in [0.2, 0.25) is 0 Å². The fraction of sp³-hybridized carbons (Fsp3) is 0.367. The van der Waals surface area contributed by atoms with E-state index in [9.17, 15) is 0 Å². The monoisotopic (exact) mass is 438 g/mol. The average molecular weight is 439 g/mol. The number of nitrogens with zero attached hydrogens (tertiary/aromatic N) is 3. The standard InChI is InChI=1S/C30H36N3/c1-7-33-17-11-12-21-18-25-27(20-28(21)33)30(2,3)26-19-23(31(4)5)15-16-24(26)29(25)32(6)22-13-9-8-10-14-22/h8-10,13-16,18-20H,7,11-12,17H2,1-6H3/q+1. The van der Waals surface area contributed by atoms with Gasteiger partial charge in [0.1, 0.15) is 14.1 Å². The second kappa shape index (κ2) is 8.06. The van der Waals surface area contributed by atoms with E-state index in [1.807, 2.05) is 0 Å². The highest BCUT2D eigenvalue weighted by molar-refractivity contribution is 6.06. The minimum Gasteiger partial charge on any atom is -0.372 e. The zero-order valence-corrected chi connectivity index (χ0v) is 20.9. The van der Waals surface area contributed by atoms with Crippen LogP contribution in [0.15, 0.2) is 71.8 Å². The van der Waals surface area contributed by atoms with E-state index < -0.39 is 0 Å². The van der Waals surface area contributed by atoms with Gasteiger partial charge in [-0.1, -0.05) is 32.0 Å². The van der Waals surface area contributed by atoms with Gasteiger partial charge in [-0.25, -0.2) is 4.58 Å². The van der Waals surface area contributed by atoms with Crippen molar-refractivity contribution in [2.24, 2.45) is 0 Å². The highest BCUT2D eigenvalue weighted by atomic mass is 15.1. The van der Waals surface area contributed by atoms with E-state index in [1.54, 1.807) is 0 Å². The predicted octanol–water partition coefficient (Wildman–Crippen LogP) is 5.81. The van der Waals surface area contributed by atoms with Gasteiger partial charge in [0.15, 0.2) is 5.71 Å². The molecule has 0 fully saturated rings. The van der Waals surface area contributed by atoms with Gasteiger partial charge in [-0.15, -0.1) is 0 Å². The number of fused-ring (bicyclic) bond motifs is 3. The maximum absolute atomic E-state index is 2.56. The molecule has 2 aromatic carbocycles. The third-order valence-electron chi connectivity index (χ3n) is 7.67. The number of allylic oxidation sites excluding steroid dienone is 5. The van der Waals surface area contributed by atoms with Crippen LogP contribution in [0.3, 0.4) is 0 Å². The number of para-hydroxylation sites is 1. The summed E-state index contributed by atoms with van der Waals surface area (Å²) in [5.74, 6) is 0. The van der Waals surface area contributed by atoms with E-state index in [4.69, 9.17) is 0 Å². The molecule has 5 rings (SSSR count). The van der Waals surface area contributed by atoms with Gasteiger partial charge in [-0.3, -0.25) is 0 Å². The highest BCUT2D eigenvalue weighted by Crippen LogP contribution is 2.51. The van der Waals surface area contributed by atoms with Crippen molar-refractivity contribution >= 4 is 22.8 Å². The molecule has 0 unspecified atom stereocenters. The van der Waals surface area contributed by atoms with Crippen LogP contribution in [0.1, 0.15) is 43.9 Å². The minimum absolute atomic E-state index is 0.0798. The maximum Gasteiger partial charge on any atom is 0.199 e. The Hall–Kier alpha value is -3.07. The first-order valence-corrected chi connectivity index (χ1v) is 12.2. The third-order valence-corrected chi connectivity index (χ3v) is 7.67. The topological polar surface area (TPSA) is 9.49 Å². The Morgan fingerprint density at radius 2 is 1.82 bits per heavy atom. The molecular weight excluding hydrogens is 402 g/mol. The highest BCUT2D eigenvalue weighted by Gasteiger charge is 2.40. The molecule has 2 aromatic rings. The lowest BCUT2D eigenvalue weighted by Crippen LogP contribution is -2.35. The van der Waals surface area contributed by atoms with Crippen LogP contribution >= 0.6 is 0 Å². The van der Waals surface area contributed by atoms with Crippen molar-refractivity contribution in [3.63, 3.8) is 0 Å². The van der Waals surface area contributed by atoms with Gasteiger partial charge in [-0.05, 0) is 66.8 Å². The Morgan fingerprint density at radius 1 is 1.06 bits per heavy atom. The predicted molar refractivity (Wildman–Crippen MR) is 142 cm³/mol. The fourth-order valence-electron chi connectivity index (χ4n) is 5.72. The molecule has 0 atom stereocenters. The first kappa shape index (κ1) is 21.8. The van der Waals surface area contributed by atoms with Crippen LogP contribution in [0.4, 0.5) is 11.4 Å². The smallest absolute Gasteiger partial charge is 0.199 e. The molecule has 1 heterocycles. The summed E-state index contributed by atoms with van der Waals surface area (Å²) >= 11 is 0. The second-order valence-electron chi connectivity index (χ2n) is 10.2. The Balaban J connectivity index is 1.81. The molecule has 3 aliphatic rings. The van der Waals surface area contributed by atoms with Crippen molar-refractivity contribution in [1.82, 2.24) is 0 Å². The Labute approximate surface area is 199 Å². The molecule has 0 bridgehead atoms. The molecule has 0 saturated heterocycles. The lowest BCUT2D eigenvalue weighted by molar-refractivity contribution is -0.462.